The van der Waals surface area contributed by atoms with Gasteiger partial charge in [-0.25, -0.2) is 14.0 Å². The number of hydrogen-bond donors (Lipinski definition) is 1. The zero-order valence-electron chi connectivity index (χ0n) is 16.7. The maximum atomic E-state index is 13.8. The van der Waals surface area contributed by atoms with Gasteiger partial charge >= 0.3 is 18.4 Å². The summed E-state index contributed by atoms with van der Waals surface area (Å²) in [6.45, 7) is 3.62. The minimum absolute atomic E-state index is 0.00339. The summed E-state index contributed by atoms with van der Waals surface area (Å²) in [5.74, 6) is -1.38. The molecule has 166 valence electrons. The summed E-state index contributed by atoms with van der Waals surface area (Å²) in [5.41, 5.74) is -2.31. The lowest BCUT2D eigenvalue weighted by atomic mass is 9.99. The summed E-state index contributed by atoms with van der Waals surface area (Å²) in [6.07, 6.45) is -5.25. The topological polar surface area (TPSA) is 70.1 Å². The lowest BCUT2D eigenvalue weighted by Gasteiger charge is -2.36. The zero-order chi connectivity index (χ0) is 22.3. The molecule has 1 atom stereocenters. The Morgan fingerprint density at radius 1 is 1.33 bits per heavy atom. The Morgan fingerprint density at radius 2 is 2.00 bits per heavy atom. The molecule has 1 unspecified atom stereocenters. The quantitative estimate of drug-likeness (QED) is 0.677. The van der Waals surface area contributed by atoms with Crippen molar-refractivity contribution in [1.29, 1.82) is 0 Å². The van der Waals surface area contributed by atoms with Gasteiger partial charge in [-0.15, -0.1) is 0 Å². The second-order valence-corrected chi connectivity index (χ2v) is 8.04. The zero-order valence-corrected chi connectivity index (χ0v) is 16.7. The van der Waals surface area contributed by atoms with E-state index in [1.165, 1.54) is 15.9 Å². The molecule has 10 heteroatoms. The first-order valence-corrected chi connectivity index (χ1v) is 9.81. The summed E-state index contributed by atoms with van der Waals surface area (Å²) >= 11 is 0. The summed E-state index contributed by atoms with van der Waals surface area (Å²) in [5, 5.41) is 9.40. The Balaban J connectivity index is 1.97. The Morgan fingerprint density at radius 3 is 2.53 bits per heavy atom. The van der Waals surface area contributed by atoms with E-state index >= 15 is 0 Å². The Bertz CT molecular complexity index is 824. The number of hydrogen-bond acceptors (Lipinski definition) is 3. The smallest absolute Gasteiger partial charge is 0.419 e. The molecule has 1 saturated carbocycles. The van der Waals surface area contributed by atoms with Crippen LogP contribution < -0.4 is 0 Å². The van der Waals surface area contributed by atoms with Crippen LogP contribution >= 0.6 is 0 Å². The fraction of sp³-hybridized carbons (Fsp3) is 0.600. The van der Waals surface area contributed by atoms with Gasteiger partial charge in [-0.1, -0.05) is 6.07 Å². The van der Waals surface area contributed by atoms with E-state index in [0.29, 0.717) is 32.2 Å². The van der Waals surface area contributed by atoms with Crippen molar-refractivity contribution in [2.45, 2.75) is 63.4 Å². The van der Waals surface area contributed by atoms with Crippen molar-refractivity contribution in [2.24, 2.45) is 0 Å². The molecule has 1 aromatic rings. The van der Waals surface area contributed by atoms with Crippen LogP contribution in [0.4, 0.5) is 27.2 Å². The third-order valence-corrected chi connectivity index (χ3v) is 5.62. The molecule has 0 bridgehead atoms. The van der Waals surface area contributed by atoms with Crippen molar-refractivity contribution in [3.63, 3.8) is 0 Å². The molecule has 0 radical (unpaired) electrons. The van der Waals surface area contributed by atoms with E-state index < -0.39 is 47.4 Å². The average Bonchev–Trinajstić information content (AvgIpc) is 3.28. The van der Waals surface area contributed by atoms with Gasteiger partial charge in [-0.05, 0) is 57.2 Å². The number of amides is 2. The Hall–Kier alpha value is -2.52. The Kier molecular flexibility index (Phi) is 5.88. The molecule has 0 spiro atoms. The van der Waals surface area contributed by atoms with E-state index in [1.54, 1.807) is 13.8 Å². The molecule has 1 aliphatic heterocycles. The van der Waals surface area contributed by atoms with Crippen molar-refractivity contribution in [3.8, 4) is 0 Å². The summed E-state index contributed by atoms with van der Waals surface area (Å²) in [7, 11) is 0. The number of carbonyl (C=O) groups excluding carboxylic acids is 1. The Labute approximate surface area is 171 Å². The maximum absolute atomic E-state index is 13.8. The molecule has 0 aromatic heterocycles. The molecule has 1 N–H and O–H groups in total. The average molecular weight is 432 g/mol. The predicted octanol–water partition coefficient (Wildman–Crippen LogP) is 4.82. The lowest BCUT2D eigenvalue weighted by Crippen LogP contribution is -2.49. The van der Waals surface area contributed by atoms with Crippen molar-refractivity contribution >= 4 is 12.2 Å². The van der Waals surface area contributed by atoms with Gasteiger partial charge in [-0.2, -0.15) is 13.2 Å². The number of ether oxygens (including phenoxy) is 1. The highest BCUT2D eigenvalue weighted by Crippen LogP contribution is 2.52. The van der Waals surface area contributed by atoms with E-state index in [-0.39, 0.29) is 12.1 Å². The molecule has 2 aliphatic rings. The number of benzene rings is 1. The highest BCUT2D eigenvalue weighted by molar-refractivity contribution is 5.71. The first kappa shape index (κ1) is 22.2. The minimum atomic E-state index is -4.87. The van der Waals surface area contributed by atoms with Crippen LogP contribution in [-0.2, 0) is 16.5 Å². The van der Waals surface area contributed by atoms with E-state index in [1.807, 2.05) is 0 Å². The van der Waals surface area contributed by atoms with Gasteiger partial charge in [-0.3, -0.25) is 4.90 Å². The number of rotatable bonds is 5. The van der Waals surface area contributed by atoms with Crippen LogP contribution in [0.1, 0.15) is 50.7 Å². The molecule has 6 nitrogen and oxygen atoms in total. The number of carboxylic acid groups (broad SMARTS) is 1. The van der Waals surface area contributed by atoms with Crippen LogP contribution in [0.3, 0.4) is 0 Å². The number of nitrogens with zero attached hydrogens (tertiary/aromatic N) is 2. The largest absolute Gasteiger partial charge is 0.465 e. The predicted molar refractivity (Wildman–Crippen MR) is 98.4 cm³/mol. The first-order chi connectivity index (χ1) is 14.0. The third-order valence-electron chi connectivity index (χ3n) is 5.62. The van der Waals surface area contributed by atoms with Gasteiger partial charge in [0.1, 0.15) is 5.82 Å². The fourth-order valence-electron chi connectivity index (χ4n) is 4.04. The van der Waals surface area contributed by atoms with Gasteiger partial charge in [0, 0.05) is 13.1 Å². The van der Waals surface area contributed by atoms with Crippen molar-refractivity contribution in [1.82, 2.24) is 9.80 Å². The van der Waals surface area contributed by atoms with Crippen LogP contribution in [0.2, 0.25) is 0 Å². The molecule has 1 saturated heterocycles. The molecular formula is C20H24F4N2O4. The fourth-order valence-corrected chi connectivity index (χ4v) is 4.04. The van der Waals surface area contributed by atoms with E-state index in [2.05, 4.69) is 0 Å². The van der Waals surface area contributed by atoms with Gasteiger partial charge in [0.25, 0.3) is 0 Å². The molecule has 30 heavy (non-hydrogen) atoms. The third kappa shape index (κ3) is 4.32. The van der Waals surface area contributed by atoms with Crippen LogP contribution in [0.25, 0.3) is 0 Å². The number of alkyl halides is 3. The molecule has 1 aromatic carbocycles. The van der Waals surface area contributed by atoms with Crippen LogP contribution in [0.15, 0.2) is 18.2 Å². The normalized spacial score (nSPS) is 20.4. The van der Waals surface area contributed by atoms with E-state index in [9.17, 15) is 32.3 Å². The summed E-state index contributed by atoms with van der Waals surface area (Å²) in [6, 6.07) is 2.25. The molecule has 3 rings (SSSR count). The monoisotopic (exact) mass is 432 g/mol. The van der Waals surface area contributed by atoms with Gasteiger partial charge in [0.2, 0.25) is 0 Å². The van der Waals surface area contributed by atoms with Gasteiger partial charge in [0.15, 0.2) is 0 Å². The molecule has 2 amide bonds. The summed E-state index contributed by atoms with van der Waals surface area (Å²) in [4.78, 5) is 26.9. The first-order valence-electron chi connectivity index (χ1n) is 9.81. The number of carbonyl (C=O) groups is 2. The van der Waals surface area contributed by atoms with Crippen LogP contribution in [-0.4, -0.2) is 52.3 Å². The van der Waals surface area contributed by atoms with Crippen molar-refractivity contribution < 1.29 is 37.0 Å². The maximum Gasteiger partial charge on any atom is 0.419 e. The van der Waals surface area contributed by atoms with Gasteiger partial charge < -0.3 is 14.7 Å². The highest BCUT2D eigenvalue weighted by Gasteiger charge is 2.54. The number of likely N-dealkylation sites (tertiary alicyclic amines) is 1. The lowest BCUT2D eigenvalue weighted by molar-refractivity contribution is -0.140. The second kappa shape index (κ2) is 7.96. The van der Waals surface area contributed by atoms with Crippen LogP contribution in [0.5, 0.6) is 0 Å². The highest BCUT2D eigenvalue weighted by atomic mass is 19.4. The second-order valence-electron chi connectivity index (χ2n) is 8.04. The van der Waals surface area contributed by atoms with E-state index in [4.69, 9.17) is 4.74 Å². The molecule has 1 aliphatic carbocycles. The number of halogens is 4. The standard InChI is InChI=1S/C20H24F4N2O4/c1-12(2)30-18(29)26(11-14-4-3-9-25(14)17(27)28)19(7-8-19)13-5-6-16(21)15(10-13)20(22,23)24/h5-6,10,12,14H,3-4,7-9,11H2,1-2H3,(H,27,28). The van der Waals surface area contributed by atoms with E-state index in [0.717, 1.165) is 12.1 Å². The van der Waals surface area contributed by atoms with Crippen molar-refractivity contribution in [2.75, 3.05) is 13.1 Å². The molecule has 2 fully saturated rings. The summed E-state index contributed by atoms with van der Waals surface area (Å²) < 4.78 is 58.7. The minimum Gasteiger partial charge on any atom is -0.465 e. The molecule has 1 heterocycles. The van der Waals surface area contributed by atoms with Crippen molar-refractivity contribution in [3.05, 3.63) is 35.1 Å². The van der Waals surface area contributed by atoms with Gasteiger partial charge in [0.05, 0.1) is 23.2 Å². The molecular weight excluding hydrogens is 408 g/mol. The SMILES string of the molecule is CC(C)OC(=O)N(CC1CCCN1C(=O)O)C1(c2ccc(F)c(C(F)(F)F)c2)CC1. The van der Waals surface area contributed by atoms with Crippen LogP contribution in [0, 0.1) is 5.82 Å².